The standard InChI is InChI=1S/C23H32Cl3NO4/c1-15-11-16(2)20(17(3)12-15)14-28-10-9-18(30-21(27)23(24,25)26)7-6-8-19-13-29-22(4,5)31-19/h6-7,11-12,18-19,27H,8-10,13-14H2,1-5H3/b7-6-,27-21?/t18-,19+/m1/s1. The Morgan fingerprint density at radius 3 is 2.45 bits per heavy atom. The molecule has 5 nitrogen and oxygen atoms in total. The zero-order valence-electron chi connectivity index (χ0n) is 18.8. The molecule has 31 heavy (non-hydrogen) atoms. The third-order valence-corrected chi connectivity index (χ3v) is 5.49. The summed E-state index contributed by atoms with van der Waals surface area (Å²) < 4.78 is 20.9. The van der Waals surface area contributed by atoms with Crippen LogP contribution < -0.4 is 0 Å². The van der Waals surface area contributed by atoms with Crippen molar-refractivity contribution in [3.63, 3.8) is 0 Å². The van der Waals surface area contributed by atoms with E-state index in [1.54, 1.807) is 0 Å². The van der Waals surface area contributed by atoms with Gasteiger partial charge in [-0.3, -0.25) is 5.41 Å². The first-order valence-corrected chi connectivity index (χ1v) is 11.5. The number of benzene rings is 1. The molecule has 1 N–H and O–H groups in total. The Labute approximate surface area is 200 Å². The molecule has 174 valence electrons. The van der Waals surface area contributed by atoms with Crippen molar-refractivity contribution in [3.05, 3.63) is 46.5 Å². The van der Waals surface area contributed by atoms with Crippen LogP contribution in [0.1, 0.15) is 48.9 Å². The molecule has 8 heteroatoms. The Kier molecular flexibility index (Phi) is 9.68. The summed E-state index contributed by atoms with van der Waals surface area (Å²) in [6.07, 6.45) is 4.48. The van der Waals surface area contributed by atoms with E-state index >= 15 is 0 Å². The van der Waals surface area contributed by atoms with Crippen molar-refractivity contribution < 1.29 is 18.9 Å². The fraction of sp³-hybridized carbons (Fsp3) is 0.609. The van der Waals surface area contributed by atoms with Crippen molar-refractivity contribution in [1.29, 1.82) is 5.41 Å². The number of ether oxygens (including phenoxy) is 4. The van der Waals surface area contributed by atoms with Crippen LogP contribution in [0.2, 0.25) is 0 Å². The van der Waals surface area contributed by atoms with Crippen molar-refractivity contribution in [1.82, 2.24) is 0 Å². The monoisotopic (exact) mass is 491 g/mol. The largest absolute Gasteiger partial charge is 0.470 e. The summed E-state index contributed by atoms with van der Waals surface area (Å²) >= 11 is 17.3. The average molecular weight is 493 g/mol. The van der Waals surface area contributed by atoms with Crippen molar-refractivity contribution in [2.24, 2.45) is 0 Å². The first kappa shape index (κ1) is 26.4. The molecular weight excluding hydrogens is 461 g/mol. The summed E-state index contributed by atoms with van der Waals surface area (Å²) in [6, 6.07) is 4.30. The van der Waals surface area contributed by atoms with E-state index in [2.05, 4.69) is 32.9 Å². The number of rotatable bonds is 9. The van der Waals surface area contributed by atoms with Crippen molar-refractivity contribution >= 4 is 40.7 Å². The molecule has 1 aromatic rings. The first-order valence-electron chi connectivity index (χ1n) is 10.3. The zero-order chi connectivity index (χ0) is 23.2. The van der Waals surface area contributed by atoms with Crippen LogP contribution in [0, 0.1) is 26.2 Å². The van der Waals surface area contributed by atoms with Gasteiger partial charge in [0.1, 0.15) is 6.10 Å². The summed E-state index contributed by atoms with van der Waals surface area (Å²) in [7, 11) is 0. The number of halogens is 3. The Morgan fingerprint density at radius 1 is 1.26 bits per heavy atom. The third kappa shape index (κ3) is 8.91. The first-order chi connectivity index (χ1) is 14.4. The molecule has 2 atom stereocenters. The van der Waals surface area contributed by atoms with Crippen molar-refractivity contribution in [3.8, 4) is 0 Å². The van der Waals surface area contributed by atoms with Gasteiger partial charge in [-0.15, -0.1) is 0 Å². The van der Waals surface area contributed by atoms with E-state index < -0.39 is 21.6 Å². The lowest BCUT2D eigenvalue weighted by atomic mass is 10.0. The van der Waals surface area contributed by atoms with E-state index in [1.807, 2.05) is 26.0 Å². The minimum Gasteiger partial charge on any atom is -0.470 e. The molecule has 0 radical (unpaired) electrons. The van der Waals surface area contributed by atoms with Crippen LogP contribution in [0.3, 0.4) is 0 Å². The average Bonchev–Trinajstić information content (AvgIpc) is 2.97. The number of alkyl halides is 3. The number of hydrogen-bond acceptors (Lipinski definition) is 5. The van der Waals surface area contributed by atoms with Gasteiger partial charge in [0, 0.05) is 6.42 Å². The minimum atomic E-state index is -1.91. The summed E-state index contributed by atoms with van der Waals surface area (Å²) in [4.78, 5) is 0. The fourth-order valence-corrected chi connectivity index (χ4v) is 3.62. The quantitative estimate of drug-likeness (QED) is 0.143. The second-order valence-corrected chi connectivity index (χ2v) is 10.6. The zero-order valence-corrected chi connectivity index (χ0v) is 21.0. The van der Waals surface area contributed by atoms with Crippen LogP contribution in [0.15, 0.2) is 24.3 Å². The van der Waals surface area contributed by atoms with E-state index in [1.165, 1.54) is 22.3 Å². The van der Waals surface area contributed by atoms with Gasteiger partial charge in [0.2, 0.25) is 5.90 Å². The molecule has 1 aromatic carbocycles. The molecule has 0 unspecified atom stereocenters. The SMILES string of the molecule is Cc1cc(C)c(COCC[C@@H](/C=C\C[C@H]2COC(C)(C)O2)OC(=N)C(Cl)(Cl)Cl)c(C)c1. The Bertz CT molecular complexity index is 767. The van der Waals surface area contributed by atoms with Gasteiger partial charge in [-0.05, 0) is 63.8 Å². The highest BCUT2D eigenvalue weighted by molar-refractivity contribution is 6.76. The fourth-order valence-electron chi connectivity index (χ4n) is 3.49. The van der Waals surface area contributed by atoms with Gasteiger partial charge < -0.3 is 18.9 Å². The molecular formula is C23H32Cl3NO4. The lowest BCUT2D eigenvalue weighted by molar-refractivity contribution is -0.137. The molecule has 1 saturated heterocycles. The van der Waals surface area contributed by atoms with Crippen LogP contribution in [-0.2, 0) is 25.6 Å². The maximum absolute atomic E-state index is 7.88. The topological polar surface area (TPSA) is 60.8 Å². The summed E-state index contributed by atoms with van der Waals surface area (Å²) in [5.41, 5.74) is 4.85. The highest BCUT2D eigenvalue weighted by Gasteiger charge is 2.32. The van der Waals surface area contributed by atoms with Gasteiger partial charge in [-0.1, -0.05) is 58.6 Å². The van der Waals surface area contributed by atoms with Crippen molar-refractivity contribution in [2.75, 3.05) is 13.2 Å². The minimum absolute atomic E-state index is 0.0248. The molecule has 1 aliphatic rings. The molecule has 0 aliphatic carbocycles. The molecule has 0 bridgehead atoms. The predicted octanol–water partition coefficient (Wildman–Crippen LogP) is 6.35. The van der Waals surface area contributed by atoms with Crippen LogP contribution in [-0.4, -0.2) is 40.9 Å². The smallest absolute Gasteiger partial charge is 0.265 e. The second kappa shape index (κ2) is 11.4. The lowest BCUT2D eigenvalue weighted by Crippen LogP contribution is -2.27. The molecule has 1 fully saturated rings. The van der Waals surface area contributed by atoms with Crippen LogP contribution in [0.4, 0.5) is 0 Å². The number of nitrogens with one attached hydrogen (secondary N) is 1. The van der Waals surface area contributed by atoms with Gasteiger partial charge in [0.05, 0.1) is 25.9 Å². The lowest BCUT2D eigenvalue weighted by Gasteiger charge is -2.20. The number of hydrogen-bond donors (Lipinski definition) is 1. The Balaban J connectivity index is 1.91. The Hall–Kier alpha value is -0.820. The predicted molar refractivity (Wildman–Crippen MR) is 126 cm³/mol. The van der Waals surface area contributed by atoms with Gasteiger partial charge in [0.15, 0.2) is 5.79 Å². The van der Waals surface area contributed by atoms with Crippen LogP contribution in [0.5, 0.6) is 0 Å². The molecule has 0 amide bonds. The molecule has 0 aromatic heterocycles. The van der Waals surface area contributed by atoms with Crippen molar-refractivity contribution in [2.45, 2.75) is 75.9 Å². The molecule has 0 spiro atoms. The second-order valence-electron chi connectivity index (χ2n) is 8.32. The van der Waals surface area contributed by atoms with Gasteiger partial charge in [-0.2, -0.15) is 0 Å². The molecule has 1 heterocycles. The maximum Gasteiger partial charge on any atom is 0.265 e. The van der Waals surface area contributed by atoms with Crippen LogP contribution >= 0.6 is 34.8 Å². The van der Waals surface area contributed by atoms with Crippen LogP contribution in [0.25, 0.3) is 0 Å². The van der Waals surface area contributed by atoms with Gasteiger partial charge in [-0.25, -0.2) is 0 Å². The summed E-state index contributed by atoms with van der Waals surface area (Å²) in [5, 5.41) is 7.88. The van der Waals surface area contributed by atoms with E-state index in [0.29, 0.717) is 32.7 Å². The van der Waals surface area contributed by atoms with Gasteiger partial charge in [0.25, 0.3) is 3.79 Å². The van der Waals surface area contributed by atoms with E-state index in [9.17, 15) is 0 Å². The highest BCUT2D eigenvalue weighted by atomic mass is 35.6. The maximum atomic E-state index is 7.88. The molecule has 0 saturated carbocycles. The third-order valence-electron chi connectivity index (χ3n) is 4.98. The molecule has 2 rings (SSSR count). The van der Waals surface area contributed by atoms with E-state index in [-0.39, 0.29) is 6.10 Å². The normalized spacial score (nSPS) is 19.7. The van der Waals surface area contributed by atoms with Gasteiger partial charge >= 0.3 is 0 Å². The summed E-state index contributed by atoms with van der Waals surface area (Å²) in [5.74, 6) is -0.981. The van der Waals surface area contributed by atoms with E-state index in [4.69, 9.17) is 59.2 Å². The highest BCUT2D eigenvalue weighted by Crippen LogP contribution is 2.29. The van der Waals surface area contributed by atoms with E-state index in [0.717, 1.165) is 0 Å². The Morgan fingerprint density at radius 2 is 1.90 bits per heavy atom. The molecule has 1 aliphatic heterocycles. The number of aryl methyl sites for hydroxylation is 3. The summed E-state index contributed by atoms with van der Waals surface area (Å²) in [6.45, 7) is 11.5.